The van der Waals surface area contributed by atoms with Crippen molar-refractivity contribution in [3.63, 3.8) is 0 Å². The zero-order valence-electron chi connectivity index (χ0n) is 24.7. The molecule has 1 N–H and O–H groups in total. The van der Waals surface area contributed by atoms with Crippen LogP contribution in [0.15, 0.2) is 47.4 Å². The van der Waals surface area contributed by atoms with Crippen LogP contribution < -0.4 is 0 Å². The van der Waals surface area contributed by atoms with E-state index >= 15 is 4.39 Å². The number of likely N-dealkylation sites (tertiary alicyclic amines) is 1. The maximum atomic E-state index is 15.8. The number of sulfone groups is 1. The first-order chi connectivity index (χ1) is 21.8. The average Bonchev–Trinajstić information content (AvgIpc) is 3.71. The summed E-state index contributed by atoms with van der Waals surface area (Å²) in [7, 11) is -4.70. The Morgan fingerprint density at radius 1 is 0.872 bits per heavy atom. The van der Waals surface area contributed by atoms with Gasteiger partial charge < -0.3 is 14.7 Å². The zero-order valence-corrected chi connectivity index (χ0v) is 25.5. The third kappa shape index (κ3) is 6.22. The van der Waals surface area contributed by atoms with Crippen molar-refractivity contribution >= 4 is 21.7 Å². The molecular formula is C31H31F8NO6S. The summed E-state index contributed by atoms with van der Waals surface area (Å²) >= 11 is 0. The van der Waals surface area contributed by atoms with E-state index in [2.05, 4.69) is 4.74 Å². The standard InChI is InChI=1S/C31H31F8NO6S/c32-22-8-10-23(11-9-22)47(44,45)28(13-14-40(17-28)26(41)19-3-5-20(6-4-19)27(42)43)21-7-12-24(25(33)15-21)29(30(34,35)36,31(37,38)39)46-16-18-1-2-18/h7-12,15,18-20H,1-6,13-14,16-17H2,(H,42,43)/t19?,20?,28-/m0/s1. The molecule has 5 rings (SSSR count). The molecule has 1 heterocycles. The number of carbonyl (C=O) groups excluding carboxylic acids is 1. The average molecular weight is 698 g/mol. The molecule has 0 spiro atoms. The van der Waals surface area contributed by atoms with E-state index in [9.17, 15) is 53.8 Å². The Balaban J connectivity index is 1.57. The van der Waals surface area contributed by atoms with Crippen molar-refractivity contribution in [1.82, 2.24) is 4.90 Å². The lowest BCUT2D eigenvalue weighted by Crippen LogP contribution is -2.56. The van der Waals surface area contributed by atoms with E-state index in [0.29, 0.717) is 25.0 Å². The van der Waals surface area contributed by atoms with Crippen LogP contribution in [0, 0.1) is 29.4 Å². The topological polar surface area (TPSA) is 101 Å². The van der Waals surface area contributed by atoms with Crippen LogP contribution in [-0.4, -0.2) is 62.3 Å². The van der Waals surface area contributed by atoms with Gasteiger partial charge in [-0.3, -0.25) is 9.59 Å². The van der Waals surface area contributed by atoms with E-state index in [1.807, 2.05) is 0 Å². The lowest BCUT2D eigenvalue weighted by Gasteiger charge is -2.38. The van der Waals surface area contributed by atoms with Gasteiger partial charge in [0.15, 0.2) is 9.84 Å². The summed E-state index contributed by atoms with van der Waals surface area (Å²) in [5, 5.41) is 9.27. The van der Waals surface area contributed by atoms with Crippen LogP contribution >= 0.6 is 0 Å². The number of amides is 1. The monoisotopic (exact) mass is 697 g/mol. The maximum absolute atomic E-state index is 15.8. The third-order valence-electron chi connectivity index (χ3n) is 9.51. The minimum Gasteiger partial charge on any atom is -0.481 e. The van der Waals surface area contributed by atoms with E-state index in [1.165, 1.54) is 4.90 Å². The number of carboxylic acid groups (broad SMARTS) is 1. The van der Waals surface area contributed by atoms with E-state index < -0.39 is 109 Å². The van der Waals surface area contributed by atoms with Gasteiger partial charge in [0.1, 0.15) is 16.4 Å². The van der Waals surface area contributed by atoms with Gasteiger partial charge in [0.25, 0.3) is 5.60 Å². The molecule has 2 aliphatic carbocycles. The lowest BCUT2D eigenvalue weighted by molar-refractivity contribution is -0.391. The van der Waals surface area contributed by atoms with Crippen LogP contribution in [0.3, 0.4) is 0 Å². The first kappa shape index (κ1) is 35.0. The molecule has 0 bridgehead atoms. The van der Waals surface area contributed by atoms with Gasteiger partial charge in [-0.05, 0) is 86.8 Å². The molecule has 3 aliphatic rings. The number of hydrogen-bond acceptors (Lipinski definition) is 5. The minimum atomic E-state index is -6.16. The molecule has 47 heavy (non-hydrogen) atoms. The van der Waals surface area contributed by atoms with Gasteiger partial charge in [-0.1, -0.05) is 12.1 Å². The Morgan fingerprint density at radius 3 is 1.96 bits per heavy atom. The SMILES string of the molecule is O=C(O)C1CCC(C(=O)N2CC[C@](c3ccc(C(OCC4CC4)(C(F)(F)F)C(F)(F)F)c(F)c3)(S(=O)(=O)c3ccc(F)cc3)C2)CC1. The molecule has 1 aliphatic heterocycles. The van der Waals surface area contributed by atoms with Crippen LogP contribution in [0.25, 0.3) is 0 Å². The second-order valence-electron chi connectivity index (χ2n) is 12.5. The fourth-order valence-electron chi connectivity index (χ4n) is 6.58. The molecule has 2 aromatic rings. The number of halogens is 8. The van der Waals surface area contributed by atoms with E-state index in [-0.39, 0.29) is 38.3 Å². The lowest BCUT2D eigenvalue weighted by atomic mass is 9.81. The van der Waals surface area contributed by atoms with E-state index in [1.54, 1.807) is 0 Å². The highest BCUT2D eigenvalue weighted by atomic mass is 32.2. The summed E-state index contributed by atoms with van der Waals surface area (Å²) < 4.78 is 146. The van der Waals surface area contributed by atoms with Crippen molar-refractivity contribution in [2.75, 3.05) is 19.7 Å². The van der Waals surface area contributed by atoms with Crippen LogP contribution in [0.5, 0.6) is 0 Å². The Kier molecular flexibility index (Phi) is 9.18. The Morgan fingerprint density at radius 2 is 1.45 bits per heavy atom. The summed E-state index contributed by atoms with van der Waals surface area (Å²) in [4.78, 5) is 25.5. The highest BCUT2D eigenvalue weighted by Gasteiger charge is 2.74. The number of benzene rings is 2. The Labute approximate surface area is 264 Å². The maximum Gasteiger partial charge on any atom is 0.430 e. The van der Waals surface area contributed by atoms with Crippen molar-refractivity contribution in [2.24, 2.45) is 17.8 Å². The molecule has 3 fully saturated rings. The summed E-state index contributed by atoms with van der Waals surface area (Å²) in [6.45, 7) is -1.79. The highest BCUT2D eigenvalue weighted by Crippen LogP contribution is 2.55. The molecule has 0 radical (unpaired) electrons. The zero-order chi connectivity index (χ0) is 34.6. The highest BCUT2D eigenvalue weighted by molar-refractivity contribution is 7.92. The number of aliphatic carboxylic acids is 1. The number of rotatable bonds is 9. The second kappa shape index (κ2) is 12.3. The third-order valence-corrected chi connectivity index (χ3v) is 12.0. The predicted molar refractivity (Wildman–Crippen MR) is 148 cm³/mol. The van der Waals surface area contributed by atoms with Gasteiger partial charge in [-0.15, -0.1) is 0 Å². The second-order valence-corrected chi connectivity index (χ2v) is 14.7. The molecule has 1 atom stereocenters. The number of ether oxygens (including phenoxy) is 1. The van der Waals surface area contributed by atoms with Crippen molar-refractivity contribution in [3.8, 4) is 0 Å². The van der Waals surface area contributed by atoms with Gasteiger partial charge in [0, 0.05) is 24.6 Å². The van der Waals surface area contributed by atoms with Gasteiger partial charge in [0.05, 0.1) is 17.4 Å². The largest absolute Gasteiger partial charge is 0.481 e. The molecular weight excluding hydrogens is 666 g/mol. The minimum absolute atomic E-state index is 0.200. The predicted octanol–water partition coefficient (Wildman–Crippen LogP) is 6.50. The smallest absolute Gasteiger partial charge is 0.430 e. The molecule has 16 heteroatoms. The summed E-state index contributed by atoms with van der Waals surface area (Å²) in [5.74, 6) is -6.20. The van der Waals surface area contributed by atoms with Crippen LogP contribution in [-0.2, 0) is 34.5 Å². The van der Waals surface area contributed by atoms with Gasteiger partial charge in [-0.25, -0.2) is 17.2 Å². The number of hydrogen-bond donors (Lipinski definition) is 1. The van der Waals surface area contributed by atoms with Crippen molar-refractivity contribution < 1.29 is 63.0 Å². The van der Waals surface area contributed by atoms with E-state index in [0.717, 1.165) is 24.3 Å². The fourth-order valence-corrected chi connectivity index (χ4v) is 8.65. The quantitative estimate of drug-likeness (QED) is 0.237. The first-order valence-electron chi connectivity index (χ1n) is 14.9. The molecule has 2 aromatic carbocycles. The van der Waals surface area contributed by atoms with Gasteiger partial charge in [-0.2, -0.15) is 26.3 Å². The molecule has 7 nitrogen and oxygen atoms in total. The molecule has 1 saturated heterocycles. The molecule has 0 aromatic heterocycles. The van der Waals surface area contributed by atoms with Crippen molar-refractivity contribution in [2.45, 2.75) is 72.5 Å². The normalized spacial score (nSPS) is 24.4. The van der Waals surface area contributed by atoms with Crippen molar-refractivity contribution in [1.29, 1.82) is 0 Å². The Bertz CT molecular complexity index is 1600. The first-order valence-corrected chi connectivity index (χ1v) is 16.4. The molecule has 2 saturated carbocycles. The Hall–Kier alpha value is -3.27. The number of nitrogens with zero attached hydrogens (tertiary/aromatic N) is 1. The summed E-state index contributed by atoms with van der Waals surface area (Å²) in [5.41, 5.74) is -7.44. The van der Waals surface area contributed by atoms with Crippen molar-refractivity contribution in [3.05, 3.63) is 65.2 Å². The van der Waals surface area contributed by atoms with E-state index in [4.69, 9.17) is 0 Å². The molecule has 0 unspecified atom stereocenters. The number of carbonyl (C=O) groups is 2. The fraction of sp³-hybridized carbons (Fsp3) is 0.548. The van der Waals surface area contributed by atoms with Crippen LogP contribution in [0.2, 0.25) is 0 Å². The number of carboxylic acids is 1. The molecule has 1 amide bonds. The van der Waals surface area contributed by atoms with Gasteiger partial charge >= 0.3 is 18.3 Å². The van der Waals surface area contributed by atoms with Gasteiger partial charge in [0.2, 0.25) is 5.91 Å². The summed E-state index contributed by atoms with van der Waals surface area (Å²) in [6.07, 6.45) is -11.2. The van der Waals surface area contributed by atoms with Crippen LogP contribution in [0.4, 0.5) is 35.1 Å². The molecule has 258 valence electrons. The number of alkyl halides is 6. The summed E-state index contributed by atoms with van der Waals surface area (Å²) in [6, 6.07) is 4.69. The van der Waals surface area contributed by atoms with Crippen LogP contribution in [0.1, 0.15) is 56.1 Å².